The summed E-state index contributed by atoms with van der Waals surface area (Å²) in [5.41, 5.74) is 1.93. The van der Waals surface area contributed by atoms with Gasteiger partial charge in [0.05, 0.1) is 21.4 Å². The van der Waals surface area contributed by atoms with Crippen LogP contribution in [0.3, 0.4) is 0 Å². The number of hydrogen-bond donors (Lipinski definition) is 1. The van der Waals surface area contributed by atoms with Gasteiger partial charge in [0.15, 0.2) is 11.5 Å². The number of carbonyl (C=O) groups is 1. The van der Waals surface area contributed by atoms with Crippen molar-refractivity contribution in [3.63, 3.8) is 0 Å². The minimum Gasteiger partial charge on any atom is -0.492 e. The van der Waals surface area contributed by atoms with Crippen molar-refractivity contribution < 1.29 is 14.3 Å². The lowest BCUT2D eigenvalue weighted by molar-refractivity contribution is 0.102. The van der Waals surface area contributed by atoms with E-state index >= 15 is 0 Å². The van der Waals surface area contributed by atoms with Crippen LogP contribution in [0.4, 0.5) is 5.69 Å². The Morgan fingerprint density at radius 1 is 1.07 bits per heavy atom. The highest BCUT2D eigenvalue weighted by Gasteiger charge is 2.17. The largest absolute Gasteiger partial charge is 0.492 e. The molecule has 1 amide bonds. The molecule has 3 aromatic carbocycles. The molecule has 4 nitrogen and oxygen atoms in total. The summed E-state index contributed by atoms with van der Waals surface area (Å²) in [6, 6.07) is 18.0. The molecule has 1 N–H and O–H groups in total. The first-order valence-electron chi connectivity index (χ1n) is 8.28. The van der Waals surface area contributed by atoms with Crippen molar-refractivity contribution in [2.75, 3.05) is 12.4 Å². The molecule has 144 valence electrons. The second kappa shape index (κ2) is 9.49. The molecule has 0 saturated carbocycles. The van der Waals surface area contributed by atoms with Crippen LogP contribution < -0.4 is 14.8 Å². The zero-order valence-electron chi connectivity index (χ0n) is 14.8. The number of benzene rings is 3. The van der Waals surface area contributed by atoms with Crippen molar-refractivity contribution in [1.29, 1.82) is 0 Å². The first-order valence-corrected chi connectivity index (χ1v) is 10.1. The third-order valence-corrected chi connectivity index (χ3v) is 5.24. The molecule has 0 radical (unpaired) electrons. The molecule has 0 aromatic heterocycles. The average molecular weight is 528 g/mol. The van der Waals surface area contributed by atoms with E-state index < -0.39 is 0 Å². The number of methoxy groups -OCH3 is 1. The molecule has 0 atom stereocenters. The van der Waals surface area contributed by atoms with Gasteiger partial charge in [0.2, 0.25) is 0 Å². The van der Waals surface area contributed by atoms with Gasteiger partial charge in [-0.15, -0.1) is 0 Å². The minimum atomic E-state index is -0.311. The monoisotopic (exact) mass is 527 g/mol. The number of ether oxygens (including phenoxy) is 2. The van der Waals surface area contributed by atoms with Gasteiger partial charge in [0, 0.05) is 10.6 Å². The minimum absolute atomic E-state index is 0.311. The van der Waals surface area contributed by atoms with Crippen LogP contribution in [0.1, 0.15) is 15.9 Å². The summed E-state index contributed by atoms with van der Waals surface area (Å²) in [5.74, 6) is 0.762. The number of nitrogens with one attached hydrogen (secondary N) is 1. The molecule has 0 fully saturated rings. The van der Waals surface area contributed by atoms with E-state index in [1.54, 1.807) is 37.4 Å². The van der Waals surface area contributed by atoms with Gasteiger partial charge in [-0.3, -0.25) is 4.79 Å². The Hall–Kier alpha value is -1.96. The molecule has 0 bridgehead atoms. The van der Waals surface area contributed by atoms with Crippen LogP contribution in [0.5, 0.6) is 11.5 Å². The summed E-state index contributed by atoms with van der Waals surface area (Å²) < 4.78 is 12.1. The molecular formula is C21H16Cl2INO3. The van der Waals surface area contributed by atoms with E-state index in [9.17, 15) is 4.79 Å². The highest BCUT2D eigenvalue weighted by Crippen LogP contribution is 2.35. The van der Waals surface area contributed by atoms with E-state index in [4.69, 9.17) is 32.7 Å². The fraction of sp³-hybridized carbons (Fsp3) is 0.0952. The molecule has 0 heterocycles. The van der Waals surface area contributed by atoms with Crippen LogP contribution in [0.25, 0.3) is 0 Å². The quantitative estimate of drug-likeness (QED) is 0.375. The van der Waals surface area contributed by atoms with Gasteiger partial charge in [0.25, 0.3) is 5.91 Å². The van der Waals surface area contributed by atoms with Gasteiger partial charge >= 0.3 is 0 Å². The van der Waals surface area contributed by atoms with E-state index in [-0.39, 0.29) is 5.91 Å². The van der Waals surface area contributed by atoms with Crippen molar-refractivity contribution in [3.05, 3.63) is 85.4 Å². The standard InChI is InChI=1S/C21H16Cl2INO3/c1-27-20-17(24)9-14(10-19(20)28-12-13-5-3-2-4-6-13)21(26)25-18-8-7-15(22)11-16(18)23/h2-11H,12H2,1H3,(H,25,26). The molecule has 0 unspecified atom stereocenters. The van der Waals surface area contributed by atoms with E-state index in [2.05, 4.69) is 27.9 Å². The van der Waals surface area contributed by atoms with Crippen LogP contribution in [0, 0.1) is 3.57 Å². The van der Waals surface area contributed by atoms with Crippen molar-refractivity contribution in [1.82, 2.24) is 0 Å². The maximum Gasteiger partial charge on any atom is 0.255 e. The maximum atomic E-state index is 12.7. The SMILES string of the molecule is COc1c(I)cc(C(=O)Nc2ccc(Cl)cc2Cl)cc1OCc1ccccc1. The number of hydrogen-bond acceptors (Lipinski definition) is 3. The third kappa shape index (κ3) is 5.10. The Bertz CT molecular complexity index is 996. The van der Waals surface area contributed by atoms with Gasteiger partial charge in [0.1, 0.15) is 6.61 Å². The van der Waals surface area contributed by atoms with E-state index in [0.717, 1.165) is 9.13 Å². The fourth-order valence-electron chi connectivity index (χ4n) is 2.53. The Morgan fingerprint density at radius 2 is 1.82 bits per heavy atom. The first-order chi connectivity index (χ1) is 13.5. The summed E-state index contributed by atoms with van der Waals surface area (Å²) in [6.07, 6.45) is 0. The lowest BCUT2D eigenvalue weighted by Gasteiger charge is -2.15. The fourth-order valence-corrected chi connectivity index (χ4v) is 3.80. The van der Waals surface area contributed by atoms with Gasteiger partial charge in [-0.1, -0.05) is 53.5 Å². The second-order valence-electron chi connectivity index (χ2n) is 5.84. The van der Waals surface area contributed by atoms with Gasteiger partial charge in [-0.05, 0) is 58.5 Å². The van der Waals surface area contributed by atoms with Crippen LogP contribution in [0.15, 0.2) is 60.7 Å². The lowest BCUT2D eigenvalue weighted by Crippen LogP contribution is -2.13. The second-order valence-corrected chi connectivity index (χ2v) is 7.85. The highest BCUT2D eigenvalue weighted by molar-refractivity contribution is 14.1. The molecule has 3 rings (SSSR count). The predicted molar refractivity (Wildman–Crippen MR) is 121 cm³/mol. The summed E-state index contributed by atoms with van der Waals surface area (Å²) in [5, 5.41) is 3.65. The summed E-state index contributed by atoms with van der Waals surface area (Å²) >= 11 is 14.2. The van der Waals surface area contributed by atoms with Crippen LogP contribution in [-0.4, -0.2) is 13.0 Å². The van der Waals surface area contributed by atoms with Crippen LogP contribution >= 0.6 is 45.8 Å². The van der Waals surface area contributed by atoms with E-state index in [1.807, 2.05) is 30.3 Å². The number of halogens is 3. The van der Waals surface area contributed by atoms with Gasteiger partial charge < -0.3 is 14.8 Å². The molecule has 7 heteroatoms. The molecule has 0 spiro atoms. The summed E-state index contributed by atoms with van der Waals surface area (Å²) in [4.78, 5) is 12.7. The molecule has 3 aromatic rings. The van der Waals surface area contributed by atoms with E-state index in [0.29, 0.717) is 39.4 Å². The van der Waals surface area contributed by atoms with Gasteiger partial charge in [-0.25, -0.2) is 0 Å². The summed E-state index contributed by atoms with van der Waals surface area (Å²) in [7, 11) is 1.57. The molecule has 0 aliphatic carbocycles. The van der Waals surface area contributed by atoms with Crippen LogP contribution in [0.2, 0.25) is 10.0 Å². The molecule has 0 saturated heterocycles. The number of rotatable bonds is 6. The highest BCUT2D eigenvalue weighted by atomic mass is 127. The zero-order chi connectivity index (χ0) is 20.1. The average Bonchev–Trinajstić information content (AvgIpc) is 2.69. The van der Waals surface area contributed by atoms with Crippen molar-refractivity contribution in [2.24, 2.45) is 0 Å². The number of anilines is 1. The van der Waals surface area contributed by atoms with Crippen molar-refractivity contribution >= 4 is 57.4 Å². The van der Waals surface area contributed by atoms with E-state index in [1.165, 1.54) is 0 Å². The Kier molecular flexibility index (Phi) is 7.04. The topological polar surface area (TPSA) is 47.6 Å². The normalized spacial score (nSPS) is 10.4. The Labute approximate surface area is 186 Å². The smallest absolute Gasteiger partial charge is 0.255 e. The number of amides is 1. The predicted octanol–water partition coefficient (Wildman–Crippen LogP) is 6.44. The summed E-state index contributed by atoms with van der Waals surface area (Å²) in [6.45, 7) is 0.362. The zero-order valence-corrected chi connectivity index (χ0v) is 18.5. The Balaban J connectivity index is 1.84. The Morgan fingerprint density at radius 3 is 2.50 bits per heavy atom. The first kappa shape index (κ1) is 20.8. The van der Waals surface area contributed by atoms with Crippen molar-refractivity contribution in [2.45, 2.75) is 6.61 Å². The molecule has 28 heavy (non-hydrogen) atoms. The molecular weight excluding hydrogens is 512 g/mol. The molecule has 0 aliphatic rings. The number of carbonyl (C=O) groups excluding carboxylic acids is 1. The molecule has 0 aliphatic heterocycles. The third-order valence-electron chi connectivity index (χ3n) is 3.89. The van der Waals surface area contributed by atoms with Crippen LogP contribution in [-0.2, 0) is 6.61 Å². The van der Waals surface area contributed by atoms with Gasteiger partial charge in [-0.2, -0.15) is 0 Å². The van der Waals surface area contributed by atoms with Crippen molar-refractivity contribution in [3.8, 4) is 11.5 Å². The maximum absolute atomic E-state index is 12.7. The lowest BCUT2D eigenvalue weighted by atomic mass is 10.1.